The van der Waals surface area contributed by atoms with Crippen LogP contribution in [0.3, 0.4) is 0 Å². The molecule has 0 radical (unpaired) electrons. The molecule has 5 nitrogen and oxygen atoms in total. The van der Waals surface area contributed by atoms with Crippen LogP contribution < -0.4 is 0 Å². The van der Waals surface area contributed by atoms with Gasteiger partial charge in [-0.1, -0.05) is 48.0 Å². The number of carbonyl (C=O) groups is 3. The first-order chi connectivity index (χ1) is 12.2. The van der Waals surface area contributed by atoms with Gasteiger partial charge >= 0.3 is 0 Å². The van der Waals surface area contributed by atoms with Gasteiger partial charge < -0.3 is 4.90 Å². The molecule has 2 unspecified atom stereocenters. The van der Waals surface area contributed by atoms with Crippen molar-refractivity contribution in [3.63, 3.8) is 0 Å². The molecule has 26 heavy (non-hydrogen) atoms. The Kier molecular flexibility index (Phi) is 9.31. The number of nitrogens with zero attached hydrogens (tertiary/aromatic N) is 2. The second-order valence-corrected chi connectivity index (χ2v) is 8.36. The second-order valence-electron chi connectivity index (χ2n) is 8.36. The predicted octanol–water partition coefficient (Wildman–Crippen LogP) is 3.72. The maximum Gasteiger partial charge on any atom is 0.233 e. The molecule has 2 atom stereocenters. The van der Waals surface area contributed by atoms with Crippen molar-refractivity contribution in [2.45, 2.75) is 73.6 Å². The van der Waals surface area contributed by atoms with Crippen molar-refractivity contribution >= 4 is 17.7 Å². The third-order valence-corrected chi connectivity index (χ3v) is 5.31. The molecule has 0 aliphatic carbocycles. The molecule has 3 amide bonds. The molecule has 0 aromatic rings. The van der Waals surface area contributed by atoms with E-state index in [1.807, 2.05) is 18.7 Å². The Morgan fingerprint density at radius 3 is 2.12 bits per heavy atom. The van der Waals surface area contributed by atoms with Crippen molar-refractivity contribution in [2.24, 2.45) is 23.7 Å². The standard InChI is InChI=1S/C11H19NO2.C10H19NO/c1-4-5-6-12-10(13)7-9(8(2)3)11(12)14;1-4-9-5-6-11(10(9)12)7-8(2)3/h8-9H,4-7H2,1-3H3;8-9H,4-7H2,1-3H3. The lowest BCUT2D eigenvalue weighted by Gasteiger charge is -2.18. The predicted molar refractivity (Wildman–Crippen MR) is 104 cm³/mol. The average Bonchev–Trinajstić information content (AvgIpc) is 3.06. The summed E-state index contributed by atoms with van der Waals surface area (Å²) in [7, 11) is 0. The fourth-order valence-corrected chi connectivity index (χ4v) is 3.58. The summed E-state index contributed by atoms with van der Waals surface area (Å²) >= 11 is 0. The molecule has 0 aromatic carbocycles. The van der Waals surface area contributed by atoms with Gasteiger partial charge in [-0.2, -0.15) is 0 Å². The number of likely N-dealkylation sites (tertiary alicyclic amines) is 2. The Balaban J connectivity index is 0.000000263. The summed E-state index contributed by atoms with van der Waals surface area (Å²) in [6, 6.07) is 0. The van der Waals surface area contributed by atoms with Crippen molar-refractivity contribution in [3.8, 4) is 0 Å². The van der Waals surface area contributed by atoms with Gasteiger partial charge in [0.2, 0.25) is 17.7 Å². The SMILES string of the molecule is CCC1CCN(CC(C)C)C1=O.CCCCN1C(=O)CC(C(C)C)C1=O. The molecule has 0 bridgehead atoms. The Morgan fingerprint density at radius 2 is 1.69 bits per heavy atom. The van der Waals surface area contributed by atoms with Gasteiger partial charge in [0, 0.05) is 37.9 Å². The first kappa shape index (κ1) is 22.7. The molecular formula is C21H38N2O3. The molecule has 0 N–H and O–H groups in total. The third kappa shape index (κ3) is 6.10. The molecule has 0 spiro atoms. The monoisotopic (exact) mass is 366 g/mol. The van der Waals surface area contributed by atoms with Crippen LogP contribution in [-0.2, 0) is 14.4 Å². The number of unbranched alkanes of at least 4 members (excludes halogenated alkanes) is 1. The highest BCUT2D eigenvalue weighted by molar-refractivity contribution is 6.03. The van der Waals surface area contributed by atoms with E-state index in [0.29, 0.717) is 30.7 Å². The van der Waals surface area contributed by atoms with Crippen LogP contribution in [0, 0.1) is 23.7 Å². The molecule has 2 aliphatic heterocycles. The van der Waals surface area contributed by atoms with Gasteiger partial charge in [0.15, 0.2) is 0 Å². The molecule has 0 saturated carbocycles. The van der Waals surface area contributed by atoms with E-state index >= 15 is 0 Å². The highest BCUT2D eigenvalue weighted by Crippen LogP contribution is 2.26. The maximum atomic E-state index is 11.8. The van der Waals surface area contributed by atoms with Crippen molar-refractivity contribution in [1.82, 2.24) is 9.80 Å². The van der Waals surface area contributed by atoms with Gasteiger partial charge in [-0.15, -0.1) is 0 Å². The molecule has 2 aliphatic rings. The van der Waals surface area contributed by atoms with E-state index in [4.69, 9.17) is 0 Å². The van der Waals surface area contributed by atoms with E-state index in [1.54, 1.807) is 0 Å². The minimum Gasteiger partial charge on any atom is -0.342 e. The van der Waals surface area contributed by atoms with Crippen LogP contribution in [0.25, 0.3) is 0 Å². The van der Waals surface area contributed by atoms with E-state index in [2.05, 4.69) is 27.7 Å². The first-order valence-corrected chi connectivity index (χ1v) is 10.4. The first-order valence-electron chi connectivity index (χ1n) is 10.4. The van der Waals surface area contributed by atoms with Crippen LogP contribution in [0.2, 0.25) is 0 Å². The Labute approximate surface area is 159 Å². The molecule has 2 rings (SSSR count). The Morgan fingerprint density at radius 1 is 1.04 bits per heavy atom. The molecular weight excluding hydrogens is 328 g/mol. The normalized spacial score (nSPS) is 23.3. The van der Waals surface area contributed by atoms with E-state index in [1.165, 1.54) is 4.90 Å². The quantitative estimate of drug-likeness (QED) is 0.645. The van der Waals surface area contributed by atoms with Crippen LogP contribution in [-0.4, -0.2) is 47.2 Å². The Bertz CT molecular complexity index is 488. The van der Waals surface area contributed by atoms with E-state index in [9.17, 15) is 14.4 Å². The zero-order valence-corrected chi connectivity index (χ0v) is 17.6. The highest BCUT2D eigenvalue weighted by atomic mass is 16.2. The fraction of sp³-hybridized carbons (Fsp3) is 0.857. The number of amides is 3. The van der Waals surface area contributed by atoms with Crippen LogP contribution in [0.5, 0.6) is 0 Å². The van der Waals surface area contributed by atoms with Crippen LogP contribution in [0.4, 0.5) is 0 Å². The molecule has 5 heteroatoms. The van der Waals surface area contributed by atoms with E-state index in [-0.39, 0.29) is 23.7 Å². The minimum atomic E-state index is -0.0700. The zero-order valence-electron chi connectivity index (χ0n) is 17.6. The summed E-state index contributed by atoms with van der Waals surface area (Å²) < 4.78 is 0. The summed E-state index contributed by atoms with van der Waals surface area (Å²) in [4.78, 5) is 38.3. The third-order valence-electron chi connectivity index (χ3n) is 5.31. The lowest BCUT2D eigenvalue weighted by atomic mass is 9.94. The molecule has 0 aromatic heterocycles. The van der Waals surface area contributed by atoms with Gasteiger partial charge in [-0.05, 0) is 31.1 Å². The number of hydrogen-bond acceptors (Lipinski definition) is 3. The number of hydrogen-bond donors (Lipinski definition) is 0. The number of imide groups is 1. The second kappa shape index (κ2) is 10.7. The van der Waals surface area contributed by atoms with Gasteiger partial charge in [-0.25, -0.2) is 0 Å². The topological polar surface area (TPSA) is 57.7 Å². The Hall–Kier alpha value is -1.39. The van der Waals surface area contributed by atoms with Crippen LogP contribution in [0.15, 0.2) is 0 Å². The largest absolute Gasteiger partial charge is 0.342 e. The van der Waals surface area contributed by atoms with Crippen LogP contribution in [0.1, 0.15) is 73.6 Å². The van der Waals surface area contributed by atoms with Gasteiger partial charge in [0.25, 0.3) is 0 Å². The summed E-state index contributed by atoms with van der Waals surface area (Å²) in [5, 5.41) is 0. The lowest BCUT2D eigenvalue weighted by molar-refractivity contribution is -0.139. The van der Waals surface area contributed by atoms with E-state index in [0.717, 1.165) is 38.8 Å². The number of carbonyl (C=O) groups excluding carboxylic acids is 3. The fourth-order valence-electron chi connectivity index (χ4n) is 3.58. The number of rotatable bonds is 7. The lowest BCUT2D eigenvalue weighted by Crippen LogP contribution is -2.32. The van der Waals surface area contributed by atoms with E-state index < -0.39 is 0 Å². The zero-order chi connectivity index (χ0) is 19.9. The van der Waals surface area contributed by atoms with Gasteiger partial charge in [-0.3, -0.25) is 19.3 Å². The highest BCUT2D eigenvalue weighted by Gasteiger charge is 2.39. The summed E-state index contributed by atoms with van der Waals surface area (Å²) in [6.07, 6.45) is 4.43. The summed E-state index contributed by atoms with van der Waals surface area (Å²) in [5.41, 5.74) is 0. The minimum absolute atomic E-state index is 0.0159. The van der Waals surface area contributed by atoms with Crippen molar-refractivity contribution < 1.29 is 14.4 Å². The average molecular weight is 367 g/mol. The van der Waals surface area contributed by atoms with Crippen LogP contribution >= 0.6 is 0 Å². The van der Waals surface area contributed by atoms with Gasteiger partial charge in [0.05, 0.1) is 0 Å². The molecule has 150 valence electrons. The summed E-state index contributed by atoms with van der Waals surface area (Å²) in [6.45, 7) is 15.0. The summed E-state index contributed by atoms with van der Waals surface area (Å²) in [5.74, 6) is 1.57. The molecule has 2 saturated heterocycles. The van der Waals surface area contributed by atoms with Crippen molar-refractivity contribution in [1.29, 1.82) is 0 Å². The van der Waals surface area contributed by atoms with Gasteiger partial charge in [0.1, 0.15) is 0 Å². The van der Waals surface area contributed by atoms with Crippen molar-refractivity contribution in [2.75, 3.05) is 19.6 Å². The smallest absolute Gasteiger partial charge is 0.233 e. The maximum absolute atomic E-state index is 11.8. The van der Waals surface area contributed by atoms with Crippen molar-refractivity contribution in [3.05, 3.63) is 0 Å². The molecule has 2 heterocycles. The molecule has 2 fully saturated rings.